The number of H-pyrrole nitrogens is 1. The molecule has 8 nitrogen and oxygen atoms in total. The number of carbonyl (C=O) groups excluding carboxylic acids is 1. The fourth-order valence-corrected chi connectivity index (χ4v) is 5.44. The van der Waals surface area contributed by atoms with E-state index in [0.29, 0.717) is 29.3 Å². The molecule has 35 heavy (non-hydrogen) atoms. The zero-order valence-corrected chi connectivity index (χ0v) is 20.7. The monoisotopic (exact) mass is 508 g/mol. The van der Waals surface area contributed by atoms with Gasteiger partial charge in [-0.1, -0.05) is 23.7 Å². The molecule has 4 heterocycles. The normalized spacial score (nSPS) is 16.3. The second-order valence-corrected chi connectivity index (χ2v) is 9.89. The van der Waals surface area contributed by atoms with Crippen molar-refractivity contribution in [1.29, 1.82) is 0 Å². The van der Waals surface area contributed by atoms with E-state index < -0.39 is 0 Å². The van der Waals surface area contributed by atoms with Gasteiger partial charge in [0.15, 0.2) is 5.82 Å². The largest absolute Gasteiger partial charge is 0.367 e. The standard InChI is InChI=1S/C25H25ClN6O2S/c1-15(33)31-22-11-17(8-10-28-22)21-12-20(24(35-21)25-29-14-30-32-25)23(16-4-6-18(26)7-5-16)34-13-19-3-2-9-27-19/h4-8,10-12,14,19,23,27H,2-3,9,13H2,1H3,(H,28,31,33)(H,29,30,32). The molecule has 0 spiro atoms. The summed E-state index contributed by atoms with van der Waals surface area (Å²) in [5.41, 5.74) is 2.93. The second kappa shape index (κ2) is 10.7. The van der Waals surface area contributed by atoms with Crippen molar-refractivity contribution in [3.05, 3.63) is 71.1 Å². The third-order valence-corrected chi connectivity index (χ3v) is 7.28. The summed E-state index contributed by atoms with van der Waals surface area (Å²) in [5.74, 6) is 1.01. The molecule has 0 saturated carbocycles. The van der Waals surface area contributed by atoms with Gasteiger partial charge >= 0.3 is 0 Å². The van der Waals surface area contributed by atoms with E-state index in [1.807, 2.05) is 36.4 Å². The third-order valence-electron chi connectivity index (χ3n) is 5.82. The maximum absolute atomic E-state index is 11.5. The van der Waals surface area contributed by atoms with Crippen LogP contribution in [-0.2, 0) is 9.53 Å². The van der Waals surface area contributed by atoms with Crippen LogP contribution in [-0.4, -0.2) is 45.3 Å². The Morgan fingerprint density at radius 3 is 2.83 bits per heavy atom. The van der Waals surface area contributed by atoms with E-state index >= 15 is 0 Å². The molecule has 2 unspecified atom stereocenters. The fraction of sp³-hybridized carbons (Fsp3) is 0.280. The lowest BCUT2D eigenvalue weighted by Crippen LogP contribution is -2.27. The molecule has 5 rings (SSSR count). The molecule has 0 aliphatic carbocycles. The number of nitrogens with zero attached hydrogens (tertiary/aromatic N) is 3. The Hall–Kier alpha value is -3.11. The highest BCUT2D eigenvalue weighted by Crippen LogP contribution is 2.43. The molecule has 1 amide bonds. The first-order valence-electron chi connectivity index (χ1n) is 11.4. The van der Waals surface area contributed by atoms with Crippen LogP contribution in [0.25, 0.3) is 21.1 Å². The molecule has 4 aromatic rings. The molecular weight excluding hydrogens is 484 g/mol. The maximum Gasteiger partial charge on any atom is 0.222 e. The molecule has 2 atom stereocenters. The van der Waals surface area contributed by atoms with Crippen molar-refractivity contribution in [3.8, 4) is 21.1 Å². The number of rotatable bonds is 8. The number of thiophene rings is 1. The lowest BCUT2D eigenvalue weighted by atomic mass is 10.0. The van der Waals surface area contributed by atoms with Crippen molar-refractivity contribution in [2.45, 2.75) is 31.9 Å². The lowest BCUT2D eigenvalue weighted by molar-refractivity contribution is -0.114. The highest BCUT2D eigenvalue weighted by Gasteiger charge is 2.26. The van der Waals surface area contributed by atoms with Gasteiger partial charge in [-0.15, -0.1) is 11.3 Å². The lowest BCUT2D eigenvalue weighted by Gasteiger charge is -2.21. The summed E-state index contributed by atoms with van der Waals surface area (Å²) in [4.78, 5) is 22.1. The molecule has 180 valence electrons. The van der Waals surface area contributed by atoms with E-state index in [1.54, 1.807) is 17.5 Å². The fourth-order valence-electron chi connectivity index (χ4n) is 4.19. The van der Waals surface area contributed by atoms with Gasteiger partial charge in [0, 0.05) is 34.6 Å². The van der Waals surface area contributed by atoms with Crippen LogP contribution in [0.3, 0.4) is 0 Å². The Bertz CT molecular complexity index is 1290. The minimum Gasteiger partial charge on any atom is -0.367 e. The molecule has 1 aliphatic rings. The van der Waals surface area contributed by atoms with E-state index in [0.717, 1.165) is 45.8 Å². The summed E-state index contributed by atoms with van der Waals surface area (Å²) in [6.45, 7) is 3.08. The number of aromatic nitrogens is 4. The molecule has 0 bridgehead atoms. The number of halogens is 1. The van der Waals surface area contributed by atoms with Gasteiger partial charge < -0.3 is 15.4 Å². The number of nitrogens with one attached hydrogen (secondary N) is 3. The van der Waals surface area contributed by atoms with Crippen LogP contribution in [0.1, 0.15) is 37.0 Å². The van der Waals surface area contributed by atoms with Crippen LogP contribution in [0.5, 0.6) is 0 Å². The smallest absolute Gasteiger partial charge is 0.222 e. The van der Waals surface area contributed by atoms with Crippen molar-refractivity contribution >= 4 is 34.7 Å². The zero-order chi connectivity index (χ0) is 24.2. The van der Waals surface area contributed by atoms with Gasteiger partial charge in [0.1, 0.15) is 18.2 Å². The molecule has 1 fully saturated rings. The number of pyridine rings is 1. The van der Waals surface area contributed by atoms with E-state index in [4.69, 9.17) is 16.3 Å². The minimum absolute atomic E-state index is 0.166. The van der Waals surface area contributed by atoms with Crippen molar-refractivity contribution in [2.24, 2.45) is 0 Å². The first-order chi connectivity index (χ1) is 17.1. The number of amides is 1. The topological polar surface area (TPSA) is 105 Å². The first kappa shape index (κ1) is 23.6. The summed E-state index contributed by atoms with van der Waals surface area (Å²) in [6.07, 6.45) is 5.12. The highest BCUT2D eigenvalue weighted by atomic mass is 35.5. The molecule has 1 aliphatic heterocycles. The van der Waals surface area contributed by atoms with Crippen molar-refractivity contribution in [1.82, 2.24) is 25.5 Å². The van der Waals surface area contributed by atoms with Crippen LogP contribution in [0, 0.1) is 0 Å². The van der Waals surface area contributed by atoms with Crippen molar-refractivity contribution in [2.75, 3.05) is 18.5 Å². The van der Waals surface area contributed by atoms with E-state index in [9.17, 15) is 4.79 Å². The van der Waals surface area contributed by atoms with Crippen molar-refractivity contribution in [3.63, 3.8) is 0 Å². The van der Waals surface area contributed by atoms with Crippen LogP contribution in [0.2, 0.25) is 5.02 Å². The number of aromatic amines is 1. The quantitative estimate of drug-likeness (QED) is 0.307. The summed E-state index contributed by atoms with van der Waals surface area (Å²) >= 11 is 7.77. The van der Waals surface area contributed by atoms with Gasteiger partial charge in [-0.3, -0.25) is 9.89 Å². The van der Waals surface area contributed by atoms with Gasteiger partial charge in [0.2, 0.25) is 5.91 Å². The van der Waals surface area contributed by atoms with Crippen LogP contribution >= 0.6 is 22.9 Å². The molecule has 0 radical (unpaired) electrons. The number of hydrogen-bond donors (Lipinski definition) is 3. The van der Waals surface area contributed by atoms with Gasteiger partial charge in [-0.05, 0) is 60.8 Å². The summed E-state index contributed by atoms with van der Waals surface area (Å²) in [5, 5.41) is 14.0. The average molecular weight is 509 g/mol. The Morgan fingerprint density at radius 2 is 2.11 bits per heavy atom. The maximum atomic E-state index is 11.5. The summed E-state index contributed by atoms with van der Waals surface area (Å²) in [6, 6.07) is 14.0. The van der Waals surface area contributed by atoms with Gasteiger partial charge in [-0.2, -0.15) is 5.10 Å². The Morgan fingerprint density at radius 1 is 1.26 bits per heavy atom. The SMILES string of the molecule is CC(=O)Nc1cc(-c2cc(C(OCC3CCCN3)c3ccc(Cl)cc3)c(-c3ncn[nH]3)s2)ccn1. The Balaban J connectivity index is 1.57. The van der Waals surface area contributed by atoms with Crippen LogP contribution in [0.4, 0.5) is 5.82 Å². The van der Waals surface area contributed by atoms with Gasteiger partial charge in [0.25, 0.3) is 0 Å². The molecule has 10 heteroatoms. The van der Waals surface area contributed by atoms with Gasteiger partial charge in [0.05, 0.1) is 11.5 Å². The predicted octanol–water partition coefficient (Wildman–Crippen LogP) is 5.07. The third kappa shape index (κ3) is 5.59. The summed E-state index contributed by atoms with van der Waals surface area (Å²) < 4.78 is 6.57. The molecule has 3 N–H and O–H groups in total. The zero-order valence-electron chi connectivity index (χ0n) is 19.1. The molecule has 3 aromatic heterocycles. The van der Waals surface area contributed by atoms with E-state index in [1.165, 1.54) is 13.3 Å². The molecular formula is C25H25ClN6O2S. The van der Waals surface area contributed by atoms with Crippen LogP contribution in [0.15, 0.2) is 55.0 Å². The van der Waals surface area contributed by atoms with E-state index in [-0.39, 0.29) is 12.0 Å². The highest BCUT2D eigenvalue weighted by molar-refractivity contribution is 7.19. The molecule has 1 saturated heterocycles. The van der Waals surface area contributed by atoms with Crippen molar-refractivity contribution < 1.29 is 9.53 Å². The number of carbonyl (C=O) groups is 1. The van der Waals surface area contributed by atoms with Gasteiger partial charge in [-0.25, -0.2) is 9.97 Å². The Kier molecular flexibility index (Phi) is 7.19. The summed E-state index contributed by atoms with van der Waals surface area (Å²) in [7, 11) is 0. The Labute approximate surface area is 212 Å². The molecule has 1 aromatic carbocycles. The number of hydrogen-bond acceptors (Lipinski definition) is 7. The first-order valence-corrected chi connectivity index (χ1v) is 12.6. The number of ether oxygens (including phenoxy) is 1. The van der Waals surface area contributed by atoms with Crippen LogP contribution < -0.4 is 10.6 Å². The minimum atomic E-state index is -0.323. The average Bonchev–Trinajstić information content (AvgIpc) is 3.62. The number of anilines is 1. The predicted molar refractivity (Wildman–Crippen MR) is 138 cm³/mol. The second-order valence-electron chi connectivity index (χ2n) is 8.40. The number of benzene rings is 1. The van der Waals surface area contributed by atoms with E-state index in [2.05, 4.69) is 36.9 Å².